The lowest BCUT2D eigenvalue weighted by Gasteiger charge is -2.25. The van der Waals surface area contributed by atoms with Gasteiger partial charge < -0.3 is 4.74 Å². The first-order chi connectivity index (χ1) is 6.97. The van der Waals surface area contributed by atoms with Gasteiger partial charge in [-0.05, 0) is 6.42 Å². The smallest absolute Gasteiger partial charge is 0.307 e. The maximum Gasteiger partial charge on any atom is 0.307 e. The van der Waals surface area contributed by atoms with Crippen LogP contribution in [0.15, 0.2) is 0 Å². The Morgan fingerprint density at radius 3 is 2.73 bits per heavy atom. The molecule has 0 spiro atoms. The maximum absolute atomic E-state index is 11.4. The molecule has 1 rings (SSSR count). The van der Waals surface area contributed by atoms with Crippen molar-refractivity contribution in [2.24, 2.45) is 0 Å². The highest BCUT2D eigenvalue weighted by atomic mass is 32.2. The van der Waals surface area contributed by atoms with E-state index in [-0.39, 0.29) is 25.1 Å². The number of hydrogen-bond donors (Lipinski definition) is 0. The molecule has 1 aliphatic rings. The van der Waals surface area contributed by atoms with E-state index in [0.717, 1.165) is 4.31 Å². The normalized spacial score (nSPS) is 20.1. The zero-order chi connectivity index (χ0) is 11.5. The van der Waals surface area contributed by atoms with E-state index in [0.29, 0.717) is 6.42 Å². The van der Waals surface area contributed by atoms with Crippen molar-refractivity contribution in [3.8, 4) is 0 Å². The number of nitrogens with zero attached hydrogens (tertiary/aromatic N) is 1. The number of rotatable bonds is 3. The highest BCUT2D eigenvalue weighted by Gasteiger charge is 2.31. The maximum atomic E-state index is 11.4. The molecule has 0 aromatic rings. The van der Waals surface area contributed by atoms with Gasteiger partial charge in [-0.1, -0.05) is 0 Å². The zero-order valence-electron chi connectivity index (χ0n) is 8.43. The predicted molar refractivity (Wildman–Crippen MR) is 51.4 cm³/mol. The number of sulfonamides is 1. The first-order valence-electron chi connectivity index (χ1n) is 4.57. The number of hydrogen-bond acceptors (Lipinski definition) is 5. The Bertz CT molecular complexity index is 361. The molecule has 1 heterocycles. The van der Waals surface area contributed by atoms with E-state index in [4.69, 9.17) is 0 Å². The van der Waals surface area contributed by atoms with Crippen LogP contribution in [-0.2, 0) is 24.3 Å². The first kappa shape index (κ1) is 12.0. The minimum absolute atomic E-state index is 0.0279. The van der Waals surface area contributed by atoms with Crippen LogP contribution in [-0.4, -0.2) is 44.0 Å². The summed E-state index contributed by atoms with van der Waals surface area (Å²) in [6, 6.07) is 0. The summed E-state index contributed by atoms with van der Waals surface area (Å²) in [6.07, 6.45) is 0.484. The van der Waals surface area contributed by atoms with Gasteiger partial charge in [0.15, 0.2) is 0 Å². The van der Waals surface area contributed by atoms with E-state index in [1.807, 2.05) is 0 Å². The van der Waals surface area contributed by atoms with Crippen LogP contribution in [0, 0.1) is 0 Å². The fourth-order valence-electron chi connectivity index (χ4n) is 1.35. The van der Waals surface area contributed by atoms with Gasteiger partial charge in [0, 0.05) is 13.0 Å². The lowest BCUT2D eigenvalue weighted by Crippen LogP contribution is -2.43. The molecular weight excluding hydrogens is 222 g/mol. The molecular formula is C8H13NO5S. The van der Waals surface area contributed by atoms with E-state index in [1.54, 1.807) is 0 Å². The van der Waals surface area contributed by atoms with Crippen LogP contribution in [0.2, 0.25) is 0 Å². The lowest BCUT2D eigenvalue weighted by atomic mass is 10.3. The Labute approximate surface area is 88.2 Å². The van der Waals surface area contributed by atoms with E-state index in [2.05, 4.69) is 4.74 Å². The summed E-state index contributed by atoms with van der Waals surface area (Å²) < 4.78 is 28.0. The Balaban J connectivity index is 2.65. The third-order valence-electron chi connectivity index (χ3n) is 2.15. The monoisotopic (exact) mass is 235 g/mol. The molecule has 0 aliphatic carbocycles. The molecule has 0 atom stereocenters. The van der Waals surface area contributed by atoms with E-state index in [9.17, 15) is 18.0 Å². The molecule has 15 heavy (non-hydrogen) atoms. The van der Waals surface area contributed by atoms with Gasteiger partial charge in [-0.2, -0.15) is 0 Å². The summed E-state index contributed by atoms with van der Waals surface area (Å²) >= 11 is 0. The van der Waals surface area contributed by atoms with Gasteiger partial charge in [-0.3, -0.25) is 9.59 Å². The Morgan fingerprint density at radius 2 is 2.20 bits per heavy atom. The van der Waals surface area contributed by atoms with Crippen molar-refractivity contribution in [1.29, 1.82) is 0 Å². The molecule has 0 saturated carbocycles. The minimum atomic E-state index is -3.50. The Kier molecular flexibility index (Phi) is 3.67. The van der Waals surface area contributed by atoms with E-state index in [1.165, 1.54) is 7.11 Å². The van der Waals surface area contributed by atoms with Crippen LogP contribution in [0.3, 0.4) is 0 Å². The van der Waals surface area contributed by atoms with Gasteiger partial charge in [0.2, 0.25) is 15.9 Å². The largest absolute Gasteiger partial charge is 0.469 e. The highest BCUT2D eigenvalue weighted by Crippen LogP contribution is 2.15. The van der Waals surface area contributed by atoms with Crippen molar-refractivity contribution in [3.05, 3.63) is 0 Å². The van der Waals surface area contributed by atoms with Gasteiger partial charge in [0.1, 0.15) is 0 Å². The quantitative estimate of drug-likeness (QED) is 0.616. The molecule has 7 heteroatoms. The summed E-state index contributed by atoms with van der Waals surface area (Å²) in [7, 11) is -2.28. The van der Waals surface area contributed by atoms with Crippen molar-refractivity contribution in [1.82, 2.24) is 4.31 Å². The van der Waals surface area contributed by atoms with Crippen molar-refractivity contribution < 1.29 is 22.7 Å². The number of methoxy groups -OCH3 is 1. The fourth-order valence-corrected chi connectivity index (χ4v) is 2.86. The standard InChI is InChI=1S/C8H13NO5S/c1-14-8(11)4-5-9-7(10)3-2-6-15(9,12)13/h2-6H2,1H3. The average Bonchev–Trinajstić information content (AvgIpc) is 2.15. The molecule has 0 aromatic heterocycles. The van der Waals surface area contributed by atoms with Crippen LogP contribution >= 0.6 is 0 Å². The number of carbonyl (C=O) groups excluding carboxylic acids is 2. The third-order valence-corrected chi connectivity index (χ3v) is 4.02. The van der Waals surface area contributed by atoms with Gasteiger partial charge in [-0.25, -0.2) is 12.7 Å². The van der Waals surface area contributed by atoms with Gasteiger partial charge in [0.25, 0.3) is 0 Å². The molecule has 0 unspecified atom stereocenters. The van der Waals surface area contributed by atoms with E-state index < -0.39 is 21.9 Å². The molecule has 0 aromatic carbocycles. The van der Waals surface area contributed by atoms with Crippen LogP contribution in [0.1, 0.15) is 19.3 Å². The zero-order valence-corrected chi connectivity index (χ0v) is 9.25. The number of carbonyl (C=O) groups is 2. The number of amides is 1. The summed E-state index contributed by atoms with van der Waals surface area (Å²) in [4.78, 5) is 22.1. The van der Waals surface area contributed by atoms with Gasteiger partial charge in [0.05, 0.1) is 19.3 Å². The van der Waals surface area contributed by atoms with Crippen molar-refractivity contribution in [2.45, 2.75) is 19.3 Å². The van der Waals surface area contributed by atoms with E-state index >= 15 is 0 Å². The lowest BCUT2D eigenvalue weighted by molar-refractivity contribution is -0.141. The molecule has 0 bridgehead atoms. The third kappa shape index (κ3) is 2.92. The van der Waals surface area contributed by atoms with Crippen LogP contribution in [0.4, 0.5) is 0 Å². The van der Waals surface area contributed by atoms with Crippen LogP contribution in [0.25, 0.3) is 0 Å². The molecule has 1 fully saturated rings. The summed E-state index contributed by atoms with van der Waals surface area (Å²) in [5, 5.41) is 0. The molecule has 1 saturated heterocycles. The molecule has 86 valence electrons. The second kappa shape index (κ2) is 4.61. The molecule has 1 aliphatic heterocycles. The summed E-state index contributed by atoms with van der Waals surface area (Å²) in [5.41, 5.74) is 0. The molecule has 0 N–H and O–H groups in total. The Hall–Kier alpha value is -1.11. The predicted octanol–water partition coefficient (Wildman–Crippen LogP) is -0.498. The first-order valence-corrected chi connectivity index (χ1v) is 6.18. The Morgan fingerprint density at radius 1 is 1.53 bits per heavy atom. The molecule has 1 amide bonds. The topological polar surface area (TPSA) is 80.8 Å². The average molecular weight is 235 g/mol. The number of esters is 1. The van der Waals surface area contributed by atoms with Gasteiger partial charge in [-0.15, -0.1) is 0 Å². The van der Waals surface area contributed by atoms with Crippen molar-refractivity contribution in [3.63, 3.8) is 0 Å². The second-order valence-electron chi connectivity index (χ2n) is 3.21. The van der Waals surface area contributed by atoms with Crippen molar-refractivity contribution in [2.75, 3.05) is 19.4 Å². The fraction of sp³-hybridized carbons (Fsp3) is 0.750. The molecule has 6 nitrogen and oxygen atoms in total. The minimum Gasteiger partial charge on any atom is -0.469 e. The summed E-state index contributed by atoms with van der Waals surface area (Å²) in [6.45, 7) is -0.117. The summed E-state index contributed by atoms with van der Waals surface area (Å²) in [5.74, 6) is -0.992. The number of ether oxygens (including phenoxy) is 1. The highest BCUT2D eigenvalue weighted by molar-refractivity contribution is 7.89. The van der Waals surface area contributed by atoms with Crippen LogP contribution in [0.5, 0.6) is 0 Å². The van der Waals surface area contributed by atoms with Crippen LogP contribution < -0.4 is 0 Å². The van der Waals surface area contributed by atoms with Crippen molar-refractivity contribution >= 4 is 21.9 Å². The second-order valence-corrected chi connectivity index (χ2v) is 5.22. The molecule has 0 radical (unpaired) electrons. The van der Waals surface area contributed by atoms with Gasteiger partial charge >= 0.3 is 5.97 Å². The SMILES string of the molecule is COC(=O)CCN1C(=O)CCCS1(=O)=O.